The van der Waals surface area contributed by atoms with Crippen LogP contribution in [0.3, 0.4) is 0 Å². The van der Waals surface area contributed by atoms with Crippen LogP contribution in [0.5, 0.6) is 5.75 Å². The molecule has 130 valence electrons. The van der Waals surface area contributed by atoms with E-state index in [2.05, 4.69) is 9.97 Å². The Labute approximate surface area is 144 Å². The molecule has 0 spiro atoms. The molecule has 0 bridgehead atoms. The summed E-state index contributed by atoms with van der Waals surface area (Å²) in [5.41, 5.74) is 4.27. The van der Waals surface area contributed by atoms with E-state index in [1.165, 1.54) is 0 Å². The quantitative estimate of drug-likeness (QED) is 0.610. The van der Waals surface area contributed by atoms with Gasteiger partial charge in [0.05, 0.1) is 18.3 Å². The van der Waals surface area contributed by atoms with E-state index in [9.17, 15) is 8.42 Å². The van der Waals surface area contributed by atoms with Crippen LogP contribution in [0.1, 0.15) is 0 Å². The number of hydrogen-bond acceptors (Lipinski definition) is 4. The zero-order valence-electron chi connectivity index (χ0n) is 14.4. The minimum Gasteiger partial charge on any atom is -0.497 e. The number of H-pyrrole nitrogens is 1. The smallest absolute Gasteiger partial charge is 0.229 e. The number of nitrogens with one attached hydrogen (secondary N) is 1. The number of aromatic amines is 1. The van der Waals surface area contributed by atoms with Gasteiger partial charge in [0.1, 0.15) is 5.75 Å². The van der Waals surface area contributed by atoms with Gasteiger partial charge in [-0.1, -0.05) is 0 Å². The van der Waals surface area contributed by atoms with Crippen molar-refractivity contribution in [2.45, 2.75) is 5.16 Å². The highest BCUT2D eigenvalue weighted by Crippen LogP contribution is 2.34. The molecule has 0 amide bonds. The molecule has 25 heavy (non-hydrogen) atoms. The van der Waals surface area contributed by atoms with Gasteiger partial charge >= 0.3 is 0 Å². The molecule has 3 heterocycles. The van der Waals surface area contributed by atoms with Gasteiger partial charge in [-0.2, -0.15) is 0 Å². The lowest BCUT2D eigenvalue weighted by Gasteiger charge is -2.02. The van der Waals surface area contributed by atoms with Crippen molar-refractivity contribution in [3.63, 3.8) is 0 Å². The first kappa shape index (κ1) is 15.8. The lowest BCUT2D eigenvalue weighted by atomic mass is 10.1. The van der Waals surface area contributed by atoms with Gasteiger partial charge in [0.15, 0.2) is 5.65 Å². The van der Waals surface area contributed by atoms with Crippen LogP contribution >= 0.6 is 0 Å². The van der Waals surface area contributed by atoms with Crippen molar-refractivity contribution in [3.8, 4) is 17.0 Å². The van der Waals surface area contributed by atoms with Crippen molar-refractivity contribution in [1.29, 1.82) is 0 Å². The first-order valence-electron chi connectivity index (χ1n) is 7.68. The number of methoxy groups -OCH3 is 1. The van der Waals surface area contributed by atoms with E-state index in [0.29, 0.717) is 5.65 Å². The van der Waals surface area contributed by atoms with E-state index in [-0.39, 0.29) is 5.16 Å². The lowest BCUT2D eigenvalue weighted by molar-refractivity contribution is 0.415. The van der Waals surface area contributed by atoms with Crippen LogP contribution in [0.4, 0.5) is 0 Å². The summed E-state index contributed by atoms with van der Waals surface area (Å²) in [5, 5.41) is 1.11. The number of ether oxygens (including phenoxy) is 1. The Balaban J connectivity index is 1.95. The second kappa shape index (κ2) is 5.13. The number of benzene rings is 1. The summed E-state index contributed by atoms with van der Waals surface area (Å²) in [6, 6.07) is 7.86. The van der Waals surface area contributed by atoms with Gasteiger partial charge in [0, 0.05) is 43.0 Å². The molecule has 0 unspecified atom stereocenters. The Kier molecular flexibility index (Phi) is 3.23. The van der Waals surface area contributed by atoms with E-state index in [1.807, 2.05) is 42.1 Å². The van der Waals surface area contributed by atoms with Crippen LogP contribution in [0.2, 0.25) is 0 Å². The fourth-order valence-corrected chi connectivity index (χ4v) is 4.09. The summed E-state index contributed by atoms with van der Waals surface area (Å²) in [4.78, 5) is 7.48. The molecule has 1 aromatic carbocycles. The van der Waals surface area contributed by atoms with E-state index >= 15 is 0 Å². The standard InChI is InChI=1S/C17H18N4O3S/c1-20-9-12(11-7-10(24-3)5-6-14(11)20)13-8-15-16(18-13)19-17(21(15)2)25(4,22)23/h5-9,18H,1-4H3. The van der Waals surface area contributed by atoms with Gasteiger partial charge in [0.2, 0.25) is 15.0 Å². The largest absolute Gasteiger partial charge is 0.497 e. The fraction of sp³-hybridized carbons (Fsp3) is 0.235. The van der Waals surface area contributed by atoms with E-state index in [4.69, 9.17) is 4.74 Å². The number of aromatic nitrogens is 4. The third-order valence-electron chi connectivity index (χ3n) is 4.45. The van der Waals surface area contributed by atoms with Gasteiger partial charge < -0.3 is 18.9 Å². The van der Waals surface area contributed by atoms with Crippen molar-refractivity contribution < 1.29 is 13.2 Å². The maximum Gasteiger partial charge on any atom is 0.229 e. The molecule has 3 aromatic heterocycles. The van der Waals surface area contributed by atoms with Crippen molar-refractivity contribution in [2.75, 3.05) is 13.4 Å². The van der Waals surface area contributed by atoms with Gasteiger partial charge in [-0.05, 0) is 24.3 Å². The molecule has 8 heteroatoms. The molecule has 0 aliphatic carbocycles. The Morgan fingerprint density at radius 3 is 2.56 bits per heavy atom. The Morgan fingerprint density at radius 1 is 1.16 bits per heavy atom. The van der Waals surface area contributed by atoms with Crippen molar-refractivity contribution in [1.82, 2.24) is 19.1 Å². The number of nitrogens with zero attached hydrogens (tertiary/aromatic N) is 3. The Hall–Kier alpha value is -2.74. The molecular formula is C17H18N4O3S. The highest BCUT2D eigenvalue weighted by atomic mass is 32.2. The second-order valence-corrected chi connectivity index (χ2v) is 8.09. The van der Waals surface area contributed by atoms with Crippen LogP contribution in [-0.2, 0) is 23.9 Å². The van der Waals surface area contributed by atoms with E-state index < -0.39 is 9.84 Å². The fourth-order valence-electron chi connectivity index (χ4n) is 3.24. The summed E-state index contributed by atoms with van der Waals surface area (Å²) in [7, 11) is 1.96. The summed E-state index contributed by atoms with van der Waals surface area (Å²) in [5.74, 6) is 0.786. The third-order valence-corrected chi connectivity index (χ3v) is 5.48. The van der Waals surface area contributed by atoms with Crippen LogP contribution in [-0.4, -0.2) is 40.9 Å². The minimum atomic E-state index is -3.37. The van der Waals surface area contributed by atoms with Gasteiger partial charge in [-0.15, -0.1) is 0 Å². The highest BCUT2D eigenvalue weighted by molar-refractivity contribution is 7.90. The zero-order chi connectivity index (χ0) is 17.9. The first-order valence-corrected chi connectivity index (χ1v) is 9.57. The average molecular weight is 358 g/mol. The summed E-state index contributed by atoms with van der Waals surface area (Å²) in [6.45, 7) is 0. The SMILES string of the molecule is COc1ccc2c(c1)c(-c1cc3c(nc(S(C)(=O)=O)n3C)[nH]1)cn2C. The normalized spacial score (nSPS) is 12.3. The zero-order valence-corrected chi connectivity index (χ0v) is 15.2. The molecule has 0 saturated carbocycles. The predicted molar refractivity (Wildman–Crippen MR) is 96.6 cm³/mol. The second-order valence-electron chi connectivity index (χ2n) is 6.18. The third kappa shape index (κ3) is 2.32. The lowest BCUT2D eigenvalue weighted by Crippen LogP contribution is -2.05. The predicted octanol–water partition coefficient (Wildman–Crippen LogP) is 2.47. The van der Waals surface area contributed by atoms with Gasteiger partial charge in [0.25, 0.3) is 0 Å². The number of imidazole rings is 1. The number of fused-ring (bicyclic) bond motifs is 2. The summed E-state index contributed by atoms with van der Waals surface area (Å²) in [6.07, 6.45) is 3.19. The van der Waals surface area contributed by atoms with Crippen LogP contribution < -0.4 is 4.74 Å². The minimum absolute atomic E-state index is 0.0555. The molecule has 0 aliphatic heterocycles. The molecule has 0 fully saturated rings. The molecule has 1 N–H and O–H groups in total. The molecule has 4 aromatic rings. The summed E-state index contributed by atoms with van der Waals surface area (Å²) < 4.78 is 32.6. The van der Waals surface area contributed by atoms with E-state index in [0.717, 1.165) is 39.7 Å². The van der Waals surface area contributed by atoms with Crippen molar-refractivity contribution in [3.05, 3.63) is 30.5 Å². The molecule has 0 aliphatic rings. The van der Waals surface area contributed by atoms with Gasteiger partial charge in [-0.25, -0.2) is 13.4 Å². The maximum absolute atomic E-state index is 11.8. The Morgan fingerprint density at radius 2 is 1.92 bits per heavy atom. The first-order chi connectivity index (χ1) is 11.8. The molecule has 0 atom stereocenters. The molecule has 0 saturated heterocycles. The van der Waals surface area contributed by atoms with Crippen LogP contribution in [0.25, 0.3) is 33.3 Å². The number of sulfone groups is 1. The number of rotatable bonds is 3. The highest BCUT2D eigenvalue weighted by Gasteiger charge is 2.20. The summed E-state index contributed by atoms with van der Waals surface area (Å²) >= 11 is 0. The average Bonchev–Trinajstić information content (AvgIpc) is 3.20. The van der Waals surface area contributed by atoms with Crippen LogP contribution in [0.15, 0.2) is 35.6 Å². The van der Waals surface area contributed by atoms with Crippen LogP contribution in [0, 0.1) is 0 Å². The van der Waals surface area contributed by atoms with Crippen molar-refractivity contribution >= 4 is 31.9 Å². The van der Waals surface area contributed by atoms with E-state index in [1.54, 1.807) is 18.7 Å². The maximum atomic E-state index is 11.8. The molecular weight excluding hydrogens is 340 g/mol. The number of hydrogen-bond donors (Lipinski definition) is 1. The topological polar surface area (TPSA) is 81.9 Å². The Bertz CT molecular complexity index is 1230. The van der Waals surface area contributed by atoms with Gasteiger partial charge in [-0.3, -0.25) is 0 Å². The monoisotopic (exact) mass is 358 g/mol. The molecule has 7 nitrogen and oxygen atoms in total. The molecule has 4 rings (SSSR count). The number of aryl methyl sites for hydroxylation is 2. The van der Waals surface area contributed by atoms with Crippen molar-refractivity contribution in [2.24, 2.45) is 14.1 Å². The molecule has 0 radical (unpaired) electrons.